The Labute approximate surface area is 105 Å². The molecule has 0 unspecified atom stereocenters. The molecule has 2 aliphatic rings. The molecule has 0 fully saturated rings. The van der Waals surface area contributed by atoms with Gasteiger partial charge in [0.25, 0.3) is 5.85 Å². The number of nitrogens with zero attached hydrogens (tertiary/aromatic N) is 1. The second-order valence-corrected chi connectivity index (χ2v) is 4.88. The van der Waals surface area contributed by atoms with Crippen molar-refractivity contribution in [2.24, 2.45) is 5.10 Å². The van der Waals surface area contributed by atoms with E-state index < -0.39 is 5.85 Å². The summed E-state index contributed by atoms with van der Waals surface area (Å²) in [4.78, 5) is 0. The summed E-state index contributed by atoms with van der Waals surface area (Å²) in [5.74, 6) is -1.41. The highest BCUT2D eigenvalue weighted by Gasteiger charge is 2.44. The van der Waals surface area contributed by atoms with E-state index in [1.54, 1.807) is 0 Å². The van der Waals surface area contributed by atoms with E-state index >= 15 is 0 Å². The lowest BCUT2D eigenvalue weighted by Gasteiger charge is -2.29. The van der Waals surface area contributed by atoms with Crippen molar-refractivity contribution in [3.8, 4) is 0 Å². The van der Waals surface area contributed by atoms with Gasteiger partial charge in [-0.15, -0.1) is 0 Å². The number of nitrogens with one attached hydrogen (secondary N) is 3. The Hall–Kier alpha value is -1.18. The molecule has 0 aromatic heterocycles. The average Bonchev–Trinajstić information content (AvgIpc) is 2.48. The Morgan fingerprint density at radius 1 is 1.38 bits per heavy atom. The summed E-state index contributed by atoms with van der Waals surface area (Å²) in [5.41, 5.74) is 4.76. The Morgan fingerprint density at radius 2 is 2.19 bits per heavy atom. The molecule has 0 aliphatic carbocycles. The third-order valence-electron chi connectivity index (χ3n) is 2.46. The molecule has 1 aromatic carbocycles. The highest BCUT2D eigenvalue weighted by atomic mass is 79.9. The van der Waals surface area contributed by atoms with Gasteiger partial charge in [0.15, 0.2) is 5.11 Å². The van der Waals surface area contributed by atoms with Gasteiger partial charge in [0.05, 0.1) is 0 Å². The maximum absolute atomic E-state index is 10.3. The van der Waals surface area contributed by atoms with E-state index in [1.807, 2.05) is 18.2 Å². The second-order valence-electron chi connectivity index (χ2n) is 3.55. The summed E-state index contributed by atoms with van der Waals surface area (Å²) in [6.45, 7) is 0. The molecule has 0 saturated carbocycles. The Kier molecular flexibility index (Phi) is 1.97. The number of hydrogen-bond donors (Lipinski definition) is 4. The van der Waals surface area contributed by atoms with Gasteiger partial charge in [-0.25, -0.2) is 0 Å². The number of hydrogen-bond acceptors (Lipinski definition) is 4. The topological polar surface area (TPSA) is 68.7 Å². The zero-order valence-electron chi connectivity index (χ0n) is 7.91. The van der Waals surface area contributed by atoms with Crippen molar-refractivity contribution in [1.29, 1.82) is 0 Å². The van der Waals surface area contributed by atoms with Crippen molar-refractivity contribution >= 4 is 44.7 Å². The monoisotopic (exact) mass is 298 g/mol. The highest BCUT2D eigenvalue weighted by molar-refractivity contribution is 9.10. The SMILES string of the molecule is O[C@]12NC(=S)NN=C1c1cc(Br)ccc1N2. The maximum atomic E-state index is 10.3. The van der Waals surface area contributed by atoms with Crippen molar-refractivity contribution in [2.75, 3.05) is 5.32 Å². The summed E-state index contributed by atoms with van der Waals surface area (Å²) in [5, 5.41) is 20.3. The van der Waals surface area contributed by atoms with Gasteiger partial charge in [-0.1, -0.05) is 15.9 Å². The van der Waals surface area contributed by atoms with E-state index in [9.17, 15) is 5.11 Å². The molecule has 1 aromatic rings. The van der Waals surface area contributed by atoms with Gasteiger partial charge >= 0.3 is 0 Å². The molecule has 5 nitrogen and oxygen atoms in total. The summed E-state index contributed by atoms with van der Waals surface area (Å²) in [6, 6.07) is 5.64. The minimum atomic E-state index is -1.41. The molecule has 2 heterocycles. The fraction of sp³-hybridized carbons (Fsp3) is 0.111. The summed E-state index contributed by atoms with van der Waals surface area (Å²) in [6.07, 6.45) is 0. The van der Waals surface area contributed by atoms with Crippen LogP contribution in [0, 0.1) is 0 Å². The molecule has 0 spiro atoms. The van der Waals surface area contributed by atoms with Crippen molar-refractivity contribution in [1.82, 2.24) is 10.7 Å². The maximum Gasteiger partial charge on any atom is 0.264 e. The van der Waals surface area contributed by atoms with E-state index in [0.717, 1.165) is 15.7 Å². The smallest absolute Gasteiger partial charge is 0.264 e. The normalized spacial score (nSPS) is 25.9. The first-order valence-electron chi connectivity index (χ1n) is 4.55. The number of rotatable bonds is 0. The van der Waals surface area contributed by atoms with Crippen molar-refractivity contribution < 1.29 is 5.11 Å². The van der Waals surface area contributed by atoms with Crippen LogP contribution in [-0.4, -0.2) is 21.8 Å². The van der Waals surface area contributed by atoms with Crippen LogP contribution in [0.15, 0.2) is 27.8 Å². The first-order valence-corrected chi connectivity index (χ1v) is 5.75. The van der Waals surface area contributed by atoms with Crippen molar-refractivity contribution in [2.45, 2.75) is 5.85 Å². The first-order chi connectivity index (χ1) is 7.58. The molecular formula is C9H7BrN4OS. The zero-order chi connectivity index (χ0) is 11.3. The van der Waals surface area contributed by atoms with Gasteiger partial charge in [0, 0.05) is 15.7 Å². The molecule has 2 aliphatic heterocycles. The Balaban J connectivity index is 2.17. The van der Waals surface area contributed by atoms with E-state index in [0.29, 0.717) is 5.71 Å². The predicted molar refractivity (Wildman–Crippen MR) is 68.1 cm³/mol. The van der Waals surface area contributed by atoms with Crippen LogP contribution in [0.1, 0.15) is 5.56 Å². The Bertz CT molecular complexity index is 532. The van der Waals surface area contributed by atoms with Crippen LogP contribution in [0.4, 0.5) is 5.69 Å². The fourth-order valence-electron chi connectivity index (χ4n) is 1.80. The van der Waals surface area contributed by atoms with E-state index in [-0.39, 0.29) is 5.11 Å². The van der Waals surface area contributed by atoms with Crippen molar-refractivity contribution in [3.05, 3.63) is 28.2 Å². The molecule has 0 radical (unpaired) electrons. The average molecular weight is 299 g/mol. The third-order valence-corrected chi connectivity index (χ3v) is 3.15. The number of hydrazone groups is 1. The Morgan fingerprint density at radius 3 is 3.00 bits per heavy atom. The summed E-state index contributed by atoms with van der Waals surface area (Å²) >= 11 is 8.28. The van der Waals surface area contributed by atoms with Crippen LogP contribution in [-0.2, 0) is 0 Å². The van der Waals surface area contributed by atoms with Crippen LogP contribution in [0.5, 0.6) is 0 Å². The summed E-state index contributed by atoms with van der Waals surface area (Å²) in [7, 11) is 0. The highest BCUT2D eigenvalue weighted by Crippen LogP contribution is 2.33. The van der Waals surface area contributed by atoms with E-state index in [2.05, 4.69) is 37.1 Å². The molecule has 0 bridgehead atoms. The van der Waals surface area contributed by atoms with E-state index in [4.69, 9.17) is 12.2 Å². The molecular weight excluding hydrogens is 292 g/mol. The number of aliphatic hydroxyl groups is 1. The minimum absolute atomic E-state index is 0.283. The zero-order valence-corrected chi connectivity index (χ0v) is 10.3. The van der Waals surface area contributed by atoms with Gasteiger partial charge in [0.1, 0.15) is 5.71 Å². The molecule has 16 heavy (non-hydrogen) atoms. The van der Waals surface area contributed by atoms with Gasteiger partial charge in [-0.2, -0.15) is 5.10 Å². The van der Waals surface area contributed by atoms with Gasteiger partial charge in [-0.05, 0) is 30.4 Å². The number of fused-ring (bicyclic) bond motifs is 3. The molecule has 0 saturated heterocycles. The van der Waals surface area contributed by atoms with Crippen LogP contribution in [0.25, 0.3) is 0 Å². The van der Waals surface area contributed by atoms with Crippen LogP contribution in [0.3, 0.4) is 0 Å². The lowest BCUT2D eigenvalue weighted by atomic mass is 10.1. The lowest BCUT2D eigenvalue weighted by Crippen LogP contribution is -2.62. The van der Waals surface area contributed by atoms with Gasteiger partial charge in [0.2, 0.25) is 0 Å². The van der Waals surface area contributed by atoms with Crippen LogP contribution >= 0.6 is 28.1 Å². The molecule has 4 N–H and O–H groups in total. The lowest BCUT2D eigenvalue weighted by molar-refractivity contribution is 0.127. The largest absolute Gasteiger partial charge is 0.349 e. The molecule has 0 amide bonds. The number of halogens is 1. The fourth-order valence-corrected chi connectivity index (χ4v) is 2.36. The minimum Gasteiger partial charge on any atom is -0.349 e. The second kappa shape index (κ2) is 3.16. The van der Waals surface area contributed by atoms with E-state index in [1.165, 1.54) is 0 Å². The quantitative estimate of drug-likeness (QED) is 0.531. The predicted octanol–water partition coefficient (Wildman–Crippen LogP) is 0.703. The van der Waals surface area contributed by atoms with Crippen LogP contribution in [0.2, 0.25) is 0 Å². The molecule has 7 heteroatoms. The number of thiocarbonyl (C=S) groups is 1. The standard InChI is InChI=1S/C9H7BrN4OS/c10-4-1-2-6-5(3-4)7-9(15,11-6)12-8(16)14-13-7/h1-3,11,15H,(H2,12,14,16)/t9-/m1/s1. The molecule has 3 rings (SSSR count). The van der Waals surface area contributed by atoms with Gasteiger partial charge < -0.3 is 15.7 Å². The summed E-state index contributed by atoms with van der Waals surface area (Å²) < 4.78 is 0.924. The third kappa shape index (κ3) is 1.32. The number of benzene rings is 1. The molecule has 82 valence electrons. The van der Waals surface area contributed by atoms with Crippen LogP contribution < -0.4 is 16.1 Å². The van der Waals surface area contributed by atoms with Crippen molar-refractivity contribution in [3.63, 3.8) is 0 Å². The number of anilines is 1. The van der Waals surface area contributed by atoms with Gasteiger partial charge in [-0.3, -0.25) is 5.43 Å². The first kappa shape index (κ1) is 10.0. The molecule has 1 atom stereocenters.